The van der Waals surface area contributed by atoms with Gasteiger partial charge in [0, 0.05) is 13.5 Å². The average molecular weight is 243 g/mol. The lowest BCUT2D eigenvalue weighted by Crippen LogP contribution is -2.45. The highest BCUT2D eigenvalue weighted by molar-refractivity contribution is 5.85. The zero-order chi connectivity index (χ0) is 12.9. The van der Waals surface area contributed by atoms with E-state index in [1.165, 1.54) is 0 Å². The van der Waals surface area contributed by atoms with Gasteiger partial charge in [-0.3, -0.25) is 9.59 Å². The lowest BCUT2D eigenvalue weighted by atomic mass is 9.66. The molecule has 5 heteroatoms. The molecular formula is C12H21NO4. The van der Waals surface area contributed by atoms with Crippen LogP contribution in [0.2, 0.25) is 0 Å². The summed E-state index contributed by atoms with van der Waals surface area (Å²) in [5.74, 6) is -1.03. The summed E-state index contributed by atoms with van der Waals surface area (Å²) in [6, 6.07) is -0.0292. The molecule has 2 N–H and O–H groups in total. The first-order valence-electron chi connectivity index (χ1n) is 6.06. The molecular weight excluding hydrogens is 222 g/mol. The number of carbonyl (C=O) groups excluding carboxylic acids is 1. The molecule has 1 unspecified atom stereocenters. The van der Waals surface area contributed by atoms with Crippen LogP contribution in [0, 0.1) is 5.41 Å². The Hall–Kier alpha value is -1.10. The number of amides is 1. The molecule has 1 saturated carbocycles. The first kappa shape index (κ1) is 14.0. The van der Waals surface area contributed by atoms with Crippen LogP contribution in [0.1, 0.15) is 39.0 Å². The van der Waals surface area contributed by atoms with Crippen LogP contribution in [0.25, 0.3) is 0 Å². The molecule has 98 valence electrons. The van der Waals surface area contributed by atoms with E-state index in [4.69, 9.17) is 9.84 Å². The van der Waals surface area contributed by atoms with Crippen LogP contribution in [0.15, 0.2) is 0 Å². The van der Waals surface area contributed by atoms with Gasteiger partial charge in [0.2, 0.25) is 5.91 Å². The molecule has 1 rings (SSSR count). The second-order valence-corrected chi connectivity index (χ2v) is 4.74. The van der Waals surface area contributed by atoms with Gasteiger partial charge in [-0.1, -0.05) is 13.3 Å². The van der Waals surface area contributed by atoms with Crippen LogP contribution in [0.3, 0.4) is 0 Å². The van der Waals surface area contributed by atoms with Gasteiger partial charge in [-0.2, -0.15) is 0 Å². The zero-order valence-corrected chi connectivity index (χ0v) is 10.5. The second kappa shape index (κ2) is 6.00. The van der Waals surface area contributed by atoms with Crippen molar-refractivity contribution in [1.29, 1.82) is 0 Å². The van der Waals surface area contributed by atoms with E-state index in [1.807, 2.05) is 6.92 Å². The number of carboxylic acids is 1. The Labute approximate surface area is 102 Å². The average Bonchev–Trinajstić information content (AvgIpc) is 2.22. The molecule has 0 heterocycles. The van der Waals surface area contributed by atoms with Crippen molar-refractivity contribution in [1.82, 2.24) is 5.32 Å². The molecule has 1 amide bonds. The summed E-state index contributed by atoms with van der Waals surface area (Å²) in [6.45, 7) is 2.42. The number of nitrogens with one attached hydrogen (secondary N) is 1. The molecule has 0 spiro atoms. The molecule has 0 aromatic carbocycles. The molecule has 1 fully saturated rings. The Morgan fingerprint density at radius 2 is 2.12 bits per heavy atom. The molecule has 0 saturated heterocycles. The van der Waals surface area contributed by atoms with E-state index in [0.717, 1.165) is 12.8 Å². The highest BCUT2D eigenvalue weighted by Gasteiger charge is 2.45. The van der Waals surface area contributed by atoms with Crippen molar-refractivity contribution in [2.45, 2.75) is 45.1 Å². The van der Waals surface area contributed by atoms with E-state index in [0.29, 0.717) is 19.4 Å². The highest BCUT2D eigenvalue weighted by atomic mass is 16.5. The maximum absolute atomic E-state index is 11.8. The van der Waals surface area contributed by atoms with E-state index in [1.54, 1.807) is 7.11 Å². The summed E-state index contributed by atoms with van der Waals surface area (Å²) in [4.78, 5) is 22.9. The van der Waals surface area contributed by atoms with Crippen LogP contribution in [-0.4, -0.2) is 36.7 Å². The molecule has 17 heavy (non-hydrogen) atoms. The Bertz CT molecular complexity index is 286. The summed E-state index contributed by atoms with van der Waals surface area (Å²) in [5, 5.41) is 11.9. The van der Waals surface area contributed by atoms with Crippen molar-refractivity contribution >= 4 is 11.9 Å². The van der Waals surface area contributed by atoms with Crippen molar-refractivity contribution in [2.75, 3.05) is 13.7 Å². The molecule has 1 aliphatic rings. The second-order valence-electron chi connectivity index (χ2n) is 4.74. The Balaban J connectivity index is 2.45. The van der Waals surface area contributed by atoms with E-state index < -0.39 is 11.4 Å². The number of carboxylic acid groups (broad SMARTS) is 1. The number of hydrogen-bond acceptors (Lipinski definition) is 3. The summed E-state index contributed by atoms with van der Waals surface area (Å²) in [5.41, 5.74) is -0.810. The maximum atomic E-state index is 11.8. The van der Waals surface area contributed by atoms with E-state index in [2.05, 4.69) is 5.32 Å². The largest absolute Gasteiger partial charge is 0.481 e. The fourth-order valence-corrected chi connectivity index (χ4v) is 2.12. The van der Waals surface area contributed by atoms with Gasteiger partial charge in [-0.15, -0.1) is 0 Å². The third kappa shape index (κ3) is 3.43. The zero-order valence-electron chi connectivity index (χ0n) is 10.5. The minimum atomic E-state index is -0.848. The molecule has 0 bridgehead atoms. The molecule has 0 radical (unpaired) electrons. The minimum Gasteiger partial charge on any atom is -0.481 e. The van der Waals surface area contributed by atoms with Gasteiger partial charge in [0.1, 0.15) is 0 Å². The smallest absolute Gasteiger partial charge is 0.310 e. The number of carbonyl (C=O) groups is 2. The van der Waals surface area contributed by atoms with Gasteiger partial charge >= 0.3 is 5.97 Å². The number of ether oxygens (including phenoxy) is 1. The Kier molecular flexibility index (Phi) is 4.93. The Morgan fingerprint density at radius 3 is 2.47 bits per heavy atom. The summed E-state index contributed by atoms with van der Waals surface area (Å²) >= 11 is 0. The maximum Gasteiger partial charge on any atom is 0.310 e. The van der Waals surface area contributed by atoms with Crippen LogP contribution in [0.4, 0.5) is 0 Å². The molecule has 0 aromatic heterocycles. The molecule has 0 aliphatic heterocycles. The van der Waals surface area contributed by atoms with E-state index in [9.17, 15) is 9.59 Å². The molecule has 0 aromatic rings. The predicted octanol–water partition coefficient (Wildman–Crippen LogP) is 1.17. The van der Waals surface area contributed by atoms with Gasteiger partial charge in [0.15, 0.2) is 0 Å². The molecule has 1 atom stereocenters. The van der Waals surface area contributed by atoms with Crippen LogP contribution < -0.4 is 5.32 Å². The van der Waals surface area contributed by atoms with Gasteiger partial charge in [-0.05, 0) is 19.3 Å². The van der Waals surface area contributed by atoms with Crippen molar-refractivity contribution in [3.8, 4) is 0 Å². The predicted molar refractivity (Wildman–Crippen MR) is 62.6 cm³/mol. The number of rotatable bonds is 7. The summed E-state index contributed by atoms with van der Waals surface area (Å²) < 4.78 is 4.98. The Morgan fingerprint density at radius 1 is 1.47 bits per heavy atom. The number of hydrogen-bond donors (Lipinski definition) is 2. The fraction of sp³-hybridized carbons (Fsp3) is 0.833. The fourth-order valence-electron chi connectivity index (χ4n) is 2.12. The van der Waals surface area contributed by atoms with Crippen molar-refractivity contribution in [2.24, 2.45) is 5.41 Å². The van der Waals surface area contributed by atoms with Crippen molar-refractivity contribution in [3.05, 3.63) is 0 Å². The van der Waals surface area contributed by atoms with E-state index >= 15 is 0 Å². The lowest BCUT2D eigenvalue weighted by molar-refractivity contribution is -0.157. The van der Waals surface area contributed by atoms with Gasteiger partial charge in [0.05, 0.1) is 18.1 Å². The molecule has 1 aliphatic carbocycles. The first-order valence-corrected chi connectivity index (χ1v) is 6.06. The monoisotopic (exact) mass is 243 g/mol. The van der Waals surface area contributed by atoms with Crippen LogP contribution >= 0.6 is 0 Å². The molecule has 5 nitrogen and oxygen atoms in total. The van der Waals surface area contributed by atoms with Gasteiger partial charge in [-0.25, -0.2) is 0 Å². The SMILES string of the molecule is CCC(COC)NC(=O)CC1(C(=O)O)CCC1. The summed E-state index contributed by atoms with van der Waals surface area (Å²) in [6.07, 6.45) is 2.98. The van der Waals surface area contributed by atoms with Gasteiger partial charge < -0.3 is 15.2 Å². The third-order valence-electron chi connectivity index (χ3n) is 3.49. The normalized spacial score (nSPS) is 19.2. The summed E-state index contributed by atoms with van der Waals surface area (Å²) in [7, 11) is 1.58. The highest BCUT2D eigenvalue weighted by Crippen LogP contribution is 2.44. The lowest BCUT2D eigenvalue weighted by Gasteiger charge is -2.37. The van der Waals surface area contributed by atoms with Crippen LogP contribution in [0.5, 0.6) is 0 Å². The third-order valence-corrected chi connectivity index (χ3v) is 3.49. The topological polar surface area (TPSA) is 75.6 Å². The van der Waals surface area contributed by atoms with Crippen molar-refractivity contribution < 1.29 is 19.4 Å². The first-order chi connectivity index (χ1) is 8.04. The number of aliphatic carboxylic acids is 1. The van der Waals surface area contributed by atoms with Crippen LogP contribution in [-0.2, 0) is 14.3 Å². The standard InChI is InChI=1S/C12H21NO4/c1-3-9(8-17-2)13-10(14)7-12(11(15)16)5-4-6-12/h9H,3-8H2,1-2H3,(H,13,14)(H,15,16). The minimum absolute atomic E-state index is 0.0292. The van der Waals surface area contributed by atoms with E-state index in [-0.39, 0.29) is 18.4 Å². The van der Waals surface area contributed by atoms with Crippen molar-refractivity contribution in [3.63, 3.8) is 0 Å². The quantitative estimate of drug-likeness (QED) is 0.704. The van der Waals surface area contributed by atoms with Gasteiger partial charge in [0.25, 0.3) is 0 Å². The number of methoxy groups -OCH3 is 1.